The van der Waals surface area contributed by atoms with E-state index in [9.17, 15) is 10.1 Å². The van der Waals surface area contributed by atoms with Crippen molar-refractivity contribution < 1.29 is 9.53 Å². The van der Waals surface area contributed by atoms with Gasteiger partial charge < -0.3 is 14.5 Å². The molecule has 7 heteroatoms. The summed E-state index contributed by atoms with van der Waals surface area (Å²) in [6.45, 7) is 11.0. The molecule has 0 N–H and O–H groups in total. The molecule has 40 heavy (non-hydrogen) atoms. The molecule has 0 bridgehead atoms. The summed E-state index contributed by atoms with van der Waals surface area (Å²) < 4.78 is 6.01. The van der Waals surface area contributed by atoms with Crippen LogP contribution in [-0.2, 0) is 6.54 Å². The number of Topliss-reactive ketones (excluding diaryl/α,β-unsaturated/α-hetero) is 1. The average Bonchev–Trinajstić information content (AvgIpc) is 3.29. The van der Waals surface area contributed by atoms with Crippen LogP contribution in [0.4, 0.5) is 0 Å². The van der Waals surface area contributed by atoms with Crippen LogP contribution in [0.5, 0.6) is 5.75 Å². The fourth-order valence-corrected chi connectivity index (χ4v) is 5.66. The van der Waals surface area contributed by atoms with Gasteiger partial charge in [0.05, 0.1) is 36.3 Å². The molecule has 0 spiro atoms. The summed E-state index contributed by atoms with van der Waals surface area (Å²) in [5.41, 5.74) is 6.01. The van der Waals surface area contributed by atoms with Crippen molar-refractivity contribution in [2.24, 2.45) is 5.92 Å². The van der Waals surface area contributed by atoms with E-state index in [2.05, 4.69) is 34.4 Å². The first-order valence-corrected chi connectivity index (χ1v) is 13.8. The zero-order valence-electron chi connectivity index (χ0n) is 22.6. The van der Waals surface area contributed by atoms with E-state index in [1.165, 1.54) is 0 Å². The van der Waals surface area contributed by atoms with Gasteiger partial charge >= 0.3 is 0 Å². The summed E-state index contributed by atoms with van der Waals surface area (Å²) in [6.07, 6.45) is 9.65. The van der Waals surface area contributed by atoms with E-state index in [1.807, 2.05) is 41.3 Å². The molecule has 2 aliphatic heterocycles. The third-order valence-corrected chi connectivity index (χ3v) is 8.01. The van der Waals surface area contributed by atoms with E-state index >= 15 is 0 Å². The lowest BCUT2D eigenvalue weighted by molar-refractivity contribution is 0.100. The highest BCUT2D eigenvalue weighted by Gasteiger charge is 2.35. The normalized spacial score (nSPS) is 17.1. The van der Waals surface area contributed by atoms with Crippen LogP contribution in [0.1, 0.15) is 46.8 Å². The van der Waals surface area contributed by atoms with Crippen LogP contribution in [0.25, 0.3) is 17.0 Å². The summed E-state index contributed by atoms with van der Waals surface area (Å²) in [7, 11) is 0. The largest absolute Gasteiger partial charge is 0.490 e. The van der Waals surface area contributed by atoms with Crippen LogP contribution in [0.2, 0.25) is 0 Å². The Bertz CT molecular complexity index is 1570. The van der Waals surface area contributed by atoms with Crippen molar-refractivity contribution in [1.82, 2.24) is 19.8 Å². The molecule has 7 nitrogen and oxygen atoms in total. The van der Waals surface area contributed by atoms with Gasteiger partial charge in [-0.3, -0.25) is 4.79 Å². The third kappa shape index (κ3) is 4.94. The Hall–Kier alpha value is -4.54. The van der Waals surface area contributed by atoms with Gasteiger partial charge in [-0.1, -0.05) is 37.8 Å². The number of allylic oxidation sites excluding steroid dienone is 4. The van der Waals surface area contributed by atoms with E-state index < -0.39 is 0 Å². The SMILES string of the molecule is C=C1C=CC2=C(C(=O)c3ccc(C#N)cc32)N1Cc1cccc(-c2ncc(OCC3CCN(CC)CC3)cn2)c1. The van der Waals surface area contributed by atoms with Gasteiger partial charge in [0.2, 0.25) is 5.78 Å². The standard InChI is InChI=1S/C33H31N5O2/c1-3-37-13-11-23(12-14-37)21-40-27-18-35-33(36-19-27)26-6-4-5-25(15-26)20-38-22(2)7-9-28-30-16-24(17-34)8-10-29(30)32(39)31(28)38/h4-10,15-16,18-19,23H,2-3,11-14,20-21H2,1H3. The van der Waals surface area contributed by atoms with Crippen molar-refractivity contribution in [2.45, 2.75) is 26.3 Å². The van der Waals surface area contributed by atoms with Gasteiger partial charge in [-0.15, -0.1) is 0 Å². The highest BCUT2D eigenvalue weighted by Crippen LogP contribution is 2.41. The minimum absolute atomic E-state index is 0.0500. The van der Waals surface area contributed by atoms with Crippen molar-refractivity contribution in [3.8, 4) is 23.2 Å². The molecule has 1 fully saturated rings. The van der Waals surface area contributed by atoms with Crippen molar-refractivity contribution in [2.75, 3.05) is 26.2 Å². The maximum absolute atomic E-state index is 13.4. The van der Waals surface area contributed by atoms with Crippen LogP contribution in [-0.4, -0.2) is 51.8 Å². The second-order valence-corrected chi connectivity index (χ2v) is 10.5. The number of carbonyl (C=O) groups is 1. The third-order valence-electron chi connectivity index (χ3n) is 8.01. The molecule has 0 radical (unpaired) electrons. The summed E-state index contributed by atoms with van der Waals surface area (Å²) >= 11 is 0. The smallest absolute Gasteiger partial charge is 0.210 e. The summed E-state index contributed by atoms with van der Waals surface area (Å²) in [5.74, 6) is 1.83. The fourth-order valence-electron chi connectivity index (χ4n) is 5.66. The minimum Gasteiger partial charge on any atom is -0.490 e. The number of ether oxygens (including phenoxy) is 1. The number of carbonyl (C=O) groups excluding carboxylic acids is 1. The zero-order chi connectivity index (χ0) is 27.6. The Morgan fingerprint density at radius 3 is 2.62 bits per heavy atom. The first-order chi connectivity index (χ1) is 19.5. The van der Waals surface area contributed by atoms with Crippen LogP contribution in [0, 0.1) is 17.2 Å². The number of hydrogen-bond donors (Lipinski definition) is 0. The van der Waals surface area contributed by atoms with Gasteiger partial charge in [0.15, 0.2) is 11.6 Å². The Labute approximate surface area is 234 Å². The van der Waals surface area contributed by atoms with Gasteiger partial charge in [-0.05, 0) is 79.9 Å². The molecule has 3 aliphatic rings. The van der Waals surface area contributed by atoms with Gasteiger partial charge in [-0.2, -0.15) is 5.26 Å². The lowest BCUT2D eigenvalue weighted by atomic mass is 9.98. The predicted octanol–water partition coefficient (Wildman–Crippen LogP) is 5.62. The number of fused-ring (bicyclic) bond motifs is 2. The van der Waals surface area contributed by atoms with Crippen LogP contribution in [0.15, 0.2) is 85.0 Å². The molecule has 6 rings (SSSR count). The summed E-state index contributed by atoms with van der Waals surface area (Å²) in [4.78, 5) is 27.0. The fraction of sp³-hybridized carbons (Fsp3) is 0.273. The van der Waals surface area contributed by atoms with Gasteiger partial charge in [-0.25, -0.2) is 9.97 Å². The van der Waals surface area contributed by atoms with Crippen molar-refractivity contribution in [3.63, 3.8) is 0 Å². The second-order valence-electron chi connectivity index (χ2n) is 10.5. The number of benzene rings is 2. The Morgan fingerprint density at radius 1 is 1.07 bits per heavy atom. The average molecular weight is 530 g/mol. The molecule has 1 saturated heterocycles. The van der Waals surface area contributed by atoms with Crippen LogP contribution in [0.3, 0.4) is 0 Å². The van der Waals surface area contributed by atoms with E-state index in [4.69, 9.17) is 4.74 Å². The highest BCUT2D eigenvalue weighted by molar-refractivity contribution is 6.22. The molecular weight excluding hydrogens is 498 g/mol. The van der Waals surface area contributed by atoms with Crippen molar-refractivity contribution >= 4 is 11.4 Å². The lowest BCUT2D eigenvalue weighted by Gasteiger charge is -2.30. The first-order valence-electron chi connectivity index (χ1n) is 13.8. The van der Waals surface area contributed by atoms with E-state index in [1.54, 1.807) is 30.6 Å². The Balaban J connectivity index is 1.16. The Kier molecular flexibility index (Phi) is 7.02. The number of nitriles is 1. The lowest BCUT2D eigenvalue weighted by Crippen LogP contribution is -2.35. The van der Waals surface area contributed by atoms with Crippen molar-refractivity contribution in [1.29, 1.82) is 5.26 Å². The molecule has 3 heterocycles. The number of rotatable bonds is 7. The predicted molar refractivity (Wildman–Crippen MR) is 154 cm³/mol. The van der Waals surface area contributed by atoms with Crippen molar-refractivity contribution in [3.05, 3.63) is 107 Å². The molecule has 1 aromatic heterocycles. The molecule has 1 aliphatic carbocycles. The van der Waals surface area contributed by atoms with Crippen LogP contribution >= 0.6 is 0 Å². The number of nitrogens with zero attached hydrogens (tertiary/aromatic N) is 5. The monoisotopic (exact) mass is 529 g/mol. The van der Waals surface area contributed by atoms with E-state index in [0.717, 1.165) is 60.4 Å². The molecule has 0 amide bonds. The number of ketones is 1. The maximum Gasteiger partial charge on any atom is 0.210 e. The molecule has 3 aromatic rings. The molecule has 2 aromatic carbocycles. The number of hydrogen-bond acceptors (Lipinski definition) is 7. The molecule has 0 saturated carbocycles. The molecule has 0 atom stereocenters. The van der Waals surface area contributed by atoms with Crippen LogP contribution < -0.4 is 4.74 Å². The quantitative estimate of drug-likeness (QED) is 0.393. The molecular formula is C33H31N5O2. The second kappa shape index (κ2) is 10.9. The van der Waals surface area contributed by atoms with E-state index in [-0.39, 0.29) is 5.78 Å². The molecule has 0 unspecified atom stereocenters. The maximum atomic E-state index is 13.4. The molecule has 200 valence electrons. The zero-order valence-corrected chi connectivity index (χ0v) is 22.6. The number of likely N-dealkylation sites (tertiary alicyclic amines) is 1. The summed E-state index contributed by atoms with van der Waals surface area (Å²) in [5, 5.41) is 9.34. The Morgan fingerprint density at radius 2 is 1.88 bits per heavy atom. The highest BCUT2D eigenvalue weighted by atomic mass is 16.5. The van der Waals surface area contributed by atoms with Gasteiger partial charge in [0, 0.05) is 28.9 Å². The number of aromatic nitrogens is 2. The summed E-state index contributed by atoms with van der Waals surface area (Å²) in [6, 6.07) is 15.4. The number of piperidine rings is 1. The minimum atomic E-state index is -0.0500. The van der Waals surface area contributed by atoms with Gasteiger partial charge in [0.25, 0.3) is 0 Å². The van der Waals surface area contributed by atoms with E-state index in [0.29, 0.717) is 47.5 Å². The van der Waals surface area contributed by atoms with Gasteiger partial charge in [0.1, 0.15) is 0 Å². The first kappa shape index (κ1) is 25.7. The topological polar surface area (TPSA) is 82.3 Å².